The van der Waals surface area contributed by atoms with Crippen molar-refractivity contribution in [2.24, 2.45) is 0 Å². The van der Waals surface area contributed by atoms with Gasteiger partial charge in [0.05, 0.1) is 0 Å². The lowest BCUT2D eigenvalue weighted by Gasteiger charge is -1.99. The molecule has 0 fully saturated rings. The van der Waals surface area contributed by atoms with Crippen molar-refractivity contribution >= 4 is 37.6 Å². The Hall–Kier alpha value is -1.07. The van der Waals surface area contributed by atoms with Gasteiger partial charge in [0.2, 0.25) is 5.78 Å². The number of fused-ring (bicyclic) bond motifs is 3. The third-order valence-corrected chi connectivity index (χ3v) is 3.30. The fraction of sp³-hybridized carbons (Fsp3) is 0. The molecule has 0 aliphatic heterocycles. The van der Waals surface area contributed by atoms with Crippen molar-refractivity contribution in [2.45, 2.75) is 0 Å². The summed E-state index contributed by atoms with van der Waals surface area (Å²) in [6.45, 7) is 0. The largest absolute Gasteiger partial charge is 0.285 e. The van der Waals surface area contributed by atoms with Gasteiger partial charge in [0.1, 0.15) is 11.4 Å². The quantitative estimate of drug-likeness (QED) is 0.631. The highest BCUT2D eigenvalue weighted by Crippen LogP contribution is 2.36. The van der Waals surface area contributed by atoms with Gasteiger partial charge in [-0.2, -0.15) is 0 Å². The molecular weight excluding hydrogens is 336 g/mol. The average Bonchev–Trinajstić information content (AvgIpc) is 2.52. The summed E-state index contributed by atoms with van der Waals surface area (Å²) in [7, 11) is 0. The van der Waals surface area contributed by atoms with E-state index in [4.69, 9.17) is 0 Å². The van der Waals surface area contributed by atoms with Gasteiger partial charge in [0.15, 0.2) is 0 Å². The van der Waals surface area contributed by atoms with Crippen LogP contribution in [0.15, 0.2) is 33.5 Å². The minimum absolute atomic E-state index is 0.106. The van der Waals surface area contributed by atoms with Crippen LogP contribution in [-0.2, 0) is 0 Å². The summed E-state index contributed by atoms with van der Waals surface area (Å²) in [5, 5.41) is 0. The molecular formula is C11H4Br2N2O. The summed E-state index contributed by atoms with van der Waals surface area (Å²) < 4.78 is 1.71. The molecule has 0 saturated carbocycles. The number of aromatic nitrogens is 2. The third kappa shape index (κ3) is 1.35. The maximum Gasteiger partial charge on any atom is 0.230 e. The van der Waals surface area contributed by atoms with Gasteiger partial charge >= 0.3 is 0 Å². The summed E-state index contributed by atoms with van der Waals surface area (Å²) in [4.78, 5) is 20.2. The van der Waals surface area contributed by atoms with Gasteiger partial charge in [-0.1, -0.05) is 0 Å². The Balaban J connectivity index is 2.37. The van der Waals surface area contributed by atoms with E-state index >= 15 is 0 Å². The first kappa shape index (κ1) is 10.1. The zero-order valence-corrected chi connectivity index (χ0v) is 11.0. The molecule has 3 rings (SSSR count). The predicted octanol–water partition coefficient (Wildman–Crippen LogP) is 3.21. The van der Waals surface area contributed by atoms with Crippen LogP contribution in [0.4, 0.5) is 0 Å². The normalized spacial score (nSPS) is 12.5. The smallest absolute Gasteiger partial charge is 0.230 e. The van der Waals surface area contributed by atoms with Crippen molar-refractivity contribution in [3.63, 3.8) is 0 Å². The molecule has 5 heteroatoms. The standard InChI is InChI=1S/C11H4Br2N2O/c12-5-1-7-8-2-6(13)4-15-10(8)11(16)9(7)14-3-5/h1-4H. The van der Waals surface area contributed by atoms with Gasteiger partial charge in [-0.3, -0.25) is 14.8 Å². The average molecular weight is 340 g/mol. The molecule has 1 aliphatic rings. The Kier molecular flexibility index (Phi) is 2.19. The third-order valence-electron chi connectivity index (χ3n) is 2.43. The van der Waals surface area contributed by atoms with Crippen LogP contribution in [0.3, 0.4) is 0 Å². The Morgan fingerprint density at radius 3 is 1.75 bits per heavy atom. The van der Waals surface area contributed by atoms with Crippen molar-refractivity contribution < 1.29 is 4.79 Å². The number of hydrogen-bond donors (Lipinski definition) is 0. The first-order chi connectivity index (χ1) is 7.66. The van der Waals surface area contributed by atoms with Crippen molar-refractivity contribution in [1.82, 2.24) is 9.97 Å². The highest BCUT2D eigenvalue weighted by Gasteiger charge is 2.29. The summed E-state index contributed by atoms with van der Waals surface area (Å²) >= 11 is 6.70. The number of ketones is 1. The van der Waals surface area contributed by atoms with E-state index in [-0.39, 0.29) is 5.78 Å². The van der Waals surface area contributed by atoms with Gasteiger partial charge in [0.25, 0.3) is 0 Å². The zero-order chi connectivity index (χ0) is 11.3. The number of carbonyl (C=O) groups is 1. The molecule has 0 amide bonds. The predicted molar refractivity (Wildman–Crippen MR) is 66.3 cm³/mol. The summed E-state index contributed by atoms with van der Waals surface area (Å²) in [5.74, 6) is -0.106. The fourth-order valence-electron chi connectivity index (χ4n) is 1.76. The highest BCUT2D eigenvalue weighted by atomic mass is 79.9. The molecule has 0 atom stereocenters. The van der Waals surface area contributed by atoms with Crippen molar-refractivity contribution in [3.8, 4) is 11.1 Å². The summed E-state index contributed by atoms with van der Waals surface area (Å²) in [5.41, 5.74) is 2.62. The minimum atomic E-state index is -0.106. The first-order valence-corrected chi connectivity index (χ1v) is 6.11. The second-order valence-electron chi connectivity index (χ2n) is 3.43. The number of halogens is 2. The zero-order valence-electron chi connectivity index (χ0n) is 7.87. The molecule has 2 aromatic rings. The number of nitrogens with zero attached hydrogens (tertiary/aromatic N) is 2. The Bertz CT molecular complexity index is 572. The SMILES string of the molecule is O=C1c2ncc(Br)cc2-c2cc(Br)cnc21. The van der Waals surface area contributed by atoms with Crippen LogP contribution in [0.1, 0.15) is 16.2 Å². The molecule has 0 bridgehead atoms. The van der Waals surface area contributed by atoms with E-state index in [0.29, 0.717) is 11.4 Å². The second kappa shape index (κ2) is 3.46. The Labute approximate surface area is 108 Å². The van der Waals surface area contributed by atoms with Crippen molar-refractivity contribution in [1.29, 1.82) is 0 Å². The lowest BCUT2D eigenvalue weighted by molar-refractivity contribution is 0.103. The summed E-state index contributed by atoms with van der Waals surface area (Å²) in [6, 6.07) is 3.78. The van der Waals surface area contributed by atoms with Crippen LogP contribution in [-0.4, -0.2) is 15.8 Å². The molecule has 2 aromatic heterocycles. The van der Waals surface area contributed by atoms with E-state index in [0.717, 1.165) is 20.1 Å². The molecule has 0 unspecified atom stereocenters. The molecule has 0 N–H and O–H groups in total. The second-order valence-corrected chi connectivity index (χ2v) is 5.26. The van der Waals surface area contributed by atoms with Crippen LogP contribution in [0.2, 0.25) is 0 Å². The minimum Gasteiger partial charge on any atom is -0.285 e. The van der Waals surface area contributed by atoms with E-state index in [9.17, 15) is 4.79 Å². The van der Waals surface area contributed by atoms with E-state index in [1.165, 1.54) is 0 Å². The monoisotopic (exact) mass is 338 g/mol. The van der Waals surface area contributed by atoms with Gasteiger partial charge < -0.3 is 0 Å². The molecule has 0 radical (unpaired) electrons. The fourth-order valence-corrected chi connectivity index (χ4v) is 2.43. The van der Waals surface area contributed by atoms with Crippen LogP contribution in [0.5, 0.6) is 0 Å². The van der Waals surface area contributed by atoms with Crippen LogP contribution in [0, 0.1) is 0 Å². The van der Waals surface area contributed by atoms with Crippen molar-refractivity contribution in [2.75, 3.05) is 0 Å². The number of hydrogen-bond acceptors (Lipinski definition) is 3. The molecule has 0 aromatic carbocycles. The van der Waals surface area contributed by atoms with Gasteiger partial charge in [-0.05, 0) is 44.0 Å². The first-order valence-electron chi connectivity index (χ1n) is 4.53. The van der Waals surface area contributed by atoms with E-state index in [1.54, 1.807) is 12.4 Å². The number of pyridine rings is 2. The number of rotatable bonds is 0. The topological polar surface area (TPSA) is 42.9 Å². The molecule has 78 valence electrons. The number of carbonyl (C=O) groups excluding carboxylic acids is 1. The molecule has 16 heavy (non-hydrogen) atoms. The van der Waals surface area contributed by atoms with Gasteiger partial charge in [-0.15, -0.1) is 0 Å². The van der Waals surface area contributed by atoms with Crippen LogP contribution < -0.4 is 0 Å². The lowest BCUT2D eigenvalue weighted by Crippen LogP contribution is -1.99. The maximum absolute atomic E-state index is 12.0. The van der Waals surface area contributed by atoms with Crippen molar-refractivity contribution in [3.05, 3.63) is 44.9 Å². The van der Waals surface area contributed by atoms with E-state index in [1.807, 2.05) is 12.1 Å². The highest BCUT2D eigenvalue weighted by molar-refractivity contribution is 9.10. The van der Waals surface area contributed by atoms with Gasteiger partial charge in [0, 0.05) is 32.5 Å². The summed E-state index contributed by atoms with van der Waals surface area (Å²) in [6.07, 6.45) is 3.25. The molecule has 1 aliphatic carbocycles. The molecule has 3 nitrogen and oxygen atoms in total. The molecule has 0 saturated heterocycles. The van der Waals surface area contributed by atoms with Crippen LogP contribution >= 0.6 is 31.9 Å². The van der Waals surface area contributed by atoms with Crippen LogP contribution in [0.25, 0.3) is 11.1 Å². The Morgan fingerprint density at radius 2 is 1.31 bits per heavy atom. The van der Waals surface area contributed by atoms with E-state index in [2.05, 4.69) is 41.8 Å². The Morgan fingerprint density at radius 1 is 0.875 bits per heavy atom. The molecule has 0 spiro atoms. The van der Waals surface area contributed by atoms with E-state index < -0.39 is 0 Å². The molecule has 2 heterocycles. The maximum atomic E-state index is 12.0. The lowest BCUT2D eigenvalue weighted by atomic mass is 10.1. The van der Waals surface area contributed by atoms with Gasteiger partial charge in [-0.25, -0.2) is 0 Å².